The summed E-state index contributed by atoms with van der Waals surface area (Å²) in [4.78, 5) is 20.6. The minimum atomic E-state index is -2.48. The molecule has 0 radical (unpaired) electrons. The largest absolute Gasteiger partial charge is 1.00 e. The Kier molecular flexibility index (Phi) is 8.90. The van der Waals surface area contributed by atoms with Gasteiger partial charge in [-0.2, -0.15) is 0 Å². The van der Waals surface area contributed by atoms with E-state index in [9.17, 15) is 18.4 Å². The second-order valence-electron chi connectivity index (χ2n) is 2.06. The Bertz CT molecular complexity index is 205. The fraction of sp³-hybridized carbons (Fsp3) is 0.600. The molecule has 0 aromatic carbocycles. The van der Waals surface area contributed by atoms with E-state index in [2.05, 4.69) is 0 Å². The molecule has 0 saturated heterocycles. The third-order valence-corrected chi connectivity index (χ3v) is 1.58. The third-order valence-electron chi connectivity index (χ3n) is 0.978. The van der Waals surface area contributed by atoms with Crippen molar-refractivity contribution in [2.75, 3.05) is 5.75 Å². The van der Waals surface area contributed by atoms with E-state index in [0.29, 0.717) is 0 Å². The van der Waals surface area contributed by atoms with Crippen molar-refractivity contribution < 1.29 is 53.0 Å². The van der Waals surface area contributed by atoms with Gasteiger partial charge in [0.1, 0.15) is 6.04 Å². The zero-order chi connectivity index (χ0) is 9.72. The van der Waals surface area contributed by atoms with Gasteiger partial charge in [-0.1, -0.05) is 11.1 Å². The Morgan fingerprint density at radius 1 is 1.62 bits per heavy atom. The zero-order valence-corrected chi connectivity index (χ0v) is 10.1. The van der Waals surface area contributed by atoms with Crippen molar-refractivity contribution in [3.8, 4) is 0 Å². The molecule has 8 heteroatoms. The van der Waals surface area contributed by atoms with E-state index in [1.165, 1.54) is 0 Å². The van der Waals surface area contributed by atoms with Crippen LogP contribution in [0.1, 0.15) is 6.92 Å². The second-order valence-corrected chi connectivity index (χ2v) is 3.00. The SMILES string of the molecule is CC(=O)N[C@@H](CS(=O)[O-])C(=O)O.[Na+]. The van der Waals surface area contributed by atoms with Crippen molar-refractivity contribution in [2.24, 2.45) is 0 Å². The summed E-state index contributed by atoms with van der Waals surface area (Å²) in [5.41, 5.74) is 0. The maximum atomic E-state index is 10.4. The number of hydrogen-bond acceptors (Lipinski definition) is 4. The number of carbonyl (C=O) groups excluding carboxylic acids is 1. The van der Waals surface area contributed by atoms with E-state index in [4.69, 9.17) is 5.11 Å². The fourth-order valence-corrected chi connectivity index (χ4v) is 1.05. The Hall–Kier alpha value is 0.0500. The molecule has 0 aliphatic carbocycles. The molecule has 0 bridgehead atoms. The number of aliphatic carboxylic acids is 1. The summed E-state index contributed by atoms with van der Waals surface area (Å²) in [5.74, 6) is -2.56. The molecule has 0 aliphatic rings. The van der Waals surface area contributed by atoms with Crippen molar-refractivity contribution in [3.05, 3.63) is 0 Å². The van der Waals surface area contributed by atoms with Gasteiger partial charge in [-0.25, -0.2) is 4.79 Å². The first-order chi connectivity index (χ1) is 5.43. The number of hydrogen-bond donors (Lipinski definition) is 2. The molecule has 0 spiro atoms. The van der Waals surface area contributed by atoms with Crippen LogP contribution in [-0.2, 0) is 20.7 Å². The first-order valence-electron chi connectivity index (χ1n) is 2.99. The molecule has 0 aromatic rings. The minimum Gasteiger partial charge on any atom is -0.772 e. The molecule has 0 rings (SSSR count). The molecule has 0 aromatic heterocycles. The average Bonchev–Trinajstić information content (AvgIpc) is 1.83. The Labute approximate surface area is 99.7 Å². The van der Waals surface area contributed by atoms with Crippen LogP contribution in [0.3, 0.4) is 0 Å². The quantitative estimate of drug-likeness (QED) is 0.364. The summed E-state index contributed by atoms with van der Waals surface area (Å²) in [6.45, 7) is 1.11. The number of carbonyl (C=O) groups is 2. The molecule has 6 nitrogen and oxygen atoms in total. The summed E-state index contributed by atoms with van der Waals surface area (Å²) >= 11 is -2.48. The maximum Gasteiger partial charge on any atom is 1.00 e. The van der Waals surface area contributed by atoms with Gasteiger partial charge < -0.3 is 15.0 Å². The zero-order valence-electron chi connectivity index (χ0n) is 7.27. The van der Waals surface area contributed by atoms with Gasteiger partial charge in [0.2, 0.25) is 5.91 Å². The molecule has 0 aliphatic heterocycles. The number of carboxylic acid groups (broad SMARTS) is 1. The molecule has 1 unspecified atom stereocenters. The van der Waals surface area contributed by atoms with Crippen LogP contribution in [0.5, 0.6) is 0 Å². The summed E-state index contributed by atoms with van der Waals surface area (Å²) < 4.78 is 20.2. The van der Waals surface area contributed by atoms with E-state index in [-0.39, 0.29) is 29.6 Å². The van der Waals surface area contributed by atoms with Crippen LogP contribution in [0.2, 0.25) is 0 Å². The van der Waals surface area contributed by atoms with Gasteiger partial charge in [-0.05, 0) is 0 Å². The van der Waals surface area contributed by atoms with Crippen LogP contribution in [-0.4, -0.2) is 37.5 Å². The number of rotatable bonds is 4. The molecular weight excluding hydrogens is 209 g/mol. The molecule has 13 heavy (non-hydrogen) atoms. The standard InChI is InChI=1S/C5H9NO5S.Na/c1-3(7)6-4(5(8)9)2-12(10)11;/h4H,2H2,1H3,(H,6,7)(H,8,9)(H,10,11);/q;+1/p-1/t4-;/m0./s1. The molecule has 70 valence electrons. The normalized spacial score (nSPS) is 13.7. The van der Waals surface area contributed by atoms with Crippen LogP contribution in [0, 0.1) is 0 Å². The van der Waals surface area contributed by atoms with E-state index in [1.807, 2.05) is 5.32 Å². The van der Waals surface area contributed by atoms with Crippen LogP contribution in [0.15, 0.2) is 0 Å². The van der Waals surface area contributed by atoms with Crippen molar-refractivity contribution in [2.45, 2.75) is 13.0 Å². The van der Waals surface area contributed by atoms with Gasteiger partial charge >= 0.3 is 35.5 Å². The number of amides is 1. The van der Waals surface area contributed by atoms with Crippen LogP contribution >= 0.6 is 0 Å². The van der Waals surface area contributed by atoms with Crippen LogP contribution in [0.4, 0.5) is 0 Å². The first kappa shape index (κ1) is 15.5. The monoisotopic (exact) mass is 217 g/mol. The molecule has 2 N–H and O–H groups in total. The van der Waals surface area contributed by atoms with Gasteiger partial charge in [0.15, 0.2) is 0 Å². The molecule has 0 fully saturated rings. The topological polar surface area (TPSA) is 107 Å². The Morgan fingerprint density at radius 2 is 2.08 bits per heavy atom. The van der Waals surface area contributed by atoms with Gasteiger partial charge in [-0.15, -0.1) is 0 Å². The van der Waals surface area contributed by atoms with Gasteiger partial charge in [0.05, 0.1) is 0 Å². The van der Waals surface area contributed by atoms with Crippen molar-refractivity contribution in [1.29, 1.82) is 0 Å². The maximum absolute atomic E-state index is 10.4. The van der Waals surface area contributed by atoms with Gasteiger partial charge in [0, 0.05) is 12.7 Å². The summed E-state index contributed by atoms with van der Waals surface area (Å²) in [7, 11) is 0. The van der Waals surface area contributed by atoms with Gasteiger partial charge in [0.25, 0.3) is 0 Å². The number of nitrogens with one attached hydrogen (secondary N) is 1. The Balaban J connectivity index is 0. The molecule has 0 saturated carbocycles. The van der Waals surface area contributed by atoms with E-state index >= 15 is 0 Å². The molecule has 2 atom stereocenters. The fourth-order valence-electron chi connectivity index (χ4n) is 0.556. The first-order valence-corrected chi connectivity index (χ1v) is 4.23. The molecular formula is C5H8NNaO5S. The third kappa shape index (κ3) is 8.38. The van der Waals surface area contributed by atoms with E-state index in [1.54, 1.807) is 0 Å². The predicted octanol–water partition coefficient (Wildman–Crippen LogP) is -4.54. The predicted molar refractivity (Wildman–Crippen MR) is 39.0 cm³/mol. The van der Waals surface area contributed by atoms with Gasteiger partial charge in [-0.3, -0.25) is 9.00 Å². The minimum absolute atomic E-state index is 0. The van der Waals surface area contributed by atoms with E-state index in [0.717, 1.165) is 6.92 Å². The molecule has 1 amide bonds. The summed E-state index contributed by atoms with van der Waals surface area (Å²) in [5, 5.41) is 10.4. The van der Waals surface area contributed by atoms with E-state index < -0.39 is 34.8 Å². The van der Waals surface area contributed by atoms with Crippen molar-refractivity contribution in [1.82, 2.24) is 5.32 Å². The van der Waals surface area contributed by atoms with Crippen molar-refractivity contribution in [3.63, 3.8) is 0 Å². The summed E-state index contributed by atoms with van der Waals surface area (Å²) in [6.07, 6.45) is 0. The smallest absolute Gasteiger partial charge is 0.772 e. The average molecular weight is 217 g/mol. The second kappa shape index (κ2) is 7.45. The summed E-state index contributed by atoms with van der Waals surface area (Å²) in [6, 6.07) is -1.36. The van der Waals surface area contributed by atoms with Crippen LogP contribution < -0.4 is 34.9 Å². The molecule has 0 heterocycles. The van der Waals surface area contributed by atoms with Crippen molar-refractivity contribution >= 4 is 23.0 Å². The number of carboxylic acids is 1. The van der Waals surface area contributed by atoms with Crippen LogP contribution in [0.25, 0.3) is 0 Å². The Morgan fingerprint density at radius 3 is 2.31 bits per heavy atom.